The van der Waals surface area contributed by atoms with Gasteiger partial charge in [0.05, 0.1) is 16.9 Å². The van der Waals surface area contributed by atoms with Gasteiger partial charge in [0.25, 0.3) is 5.69 Å². The Morgan fingerprint density at radius 3 is 2.62 bits per heavy atom. The van der Waals surface area contributed by atoms with E-state index in [1.165, 1.54) is 12.1 Å². The summed E-state index contributed by atoms with van der Waals surface area (Å²) in [6, 6.07) is 8.70. The summed E-state index contributed by atoms with van der Waals surface area (Å²) < 4.78 is 0. The quantitative estimate of drug-likeness (QED) is 0.600. The maximum atomic E-state index is 10.5. The van der Waals surface area contributed by atoms with Gasteiger partial charge in [0.15, 0.2) is 0 Å². The van der Waals surface area contributed by atoms with Gasteiger partial charge in [-0.15, -0.1) is 0 Å². The Bertz CT molecular complexity index is 436. The van der Waals surface area contributed by atoms with Crippen molar-refractivity contribution in [1.29, 1.82) is 5.26 Å². The molecule has 1 saturated heterocycles. The molecule has 1 fully saturated rings. The monoisotopic (exact) mass is 217 g/mol. The predicted molar refractivity (Wildman–Crippen MR) is 57.8 cm³/mol. The van der Waals surface area contributed by atoms with Crippen LogP contribution in [0.3, 0.4) is 0 Å². The molecule has 0 aliphatic carbocycles. The van der Waals surface area contributed by atoms with E-state index in [0.29, 0.717) is 6.54 Å². The maximum absolute atomic E-state index is 10.5. The highest BCUT2D eigenvalue weighted by Crippen LogP contribution is 2.28. The number of non-ortho nitro benzene ring substituents is 1. The summed E-state index contributed by atoms with van der Waals surface area (Å²) in [5.41, 5.74) is 1.07. The van der Waals surface area contributed by atoms with Gasteiger partial charge >= 0.3 is 0 Å². The number of rotatable bonds is 2. The van der Waals surface area contributed by atoms with E-state index in [0.717, 1.165) is 12.1 Å². The van der Waals surface area contributed by atoms with Crippen molar-refractivity contribution in [3.05, 3.63) is 39.9 Å². The number of benzene rings is 1. The van der Waals surface area contributed by atoms with Crippen LogP contribution in [-0.4, -0.2) is 18.0 Å². The van der Waals surface area contributed by atoms with Crippen molar-refractivity contribution in [1.82, 2.24) is 5.32 Å². The zero-order valence-corrected chi connectivity index (χ0v) is 8.59. The molecule has 0 spiro atoms. The van der Waals surface area contributed by atoms with Crippen LogP contribution < -0.4 is 5.32 Å². The second-order valence-corrected chi connectivity index (χ2v) is 3.85. The van der Waals surface area contributed by atoms with Gasteiger partial charge in [-0.3, -0.25) is 10.1 Å². The van der Waals surface area contributed by atoms with Gasteiger partial charge in [-0.05, 0) is 5.56 Å². The van der Waals surface area contributed by atoms with Crippen molar-refractivity contribution in [2.24, 2.45) is 5.92 Å². The third-order valence-corrected chi connectivity index (χ3v) is 2.91. The lowest BCUT2D eigenvalue weighted by Gasteiger charge is -2.11. The molecule has 0 saturated carbocycles. The topological polar surface area (TPSA) is 79.0 Å². The van der Waals surface area contributed by atoms with Crippen molar-refractivity contribution in [3.8, 4) is 6.07 Å². The lowest BCUT2D eigenvalue weighted by molar-refractivity contribution is -0.384. The summed E-state index contributed by atoms with van der Waals surface area (Å²) in [6.45, 7) is 1.45. The van der Waals surface area contributed by atoms with E-state index in [-0.39, 0.29) is 17.5 Å². The maximum Gasteiger partial charge on any atom is 0.269 e. The first-order valence-electron chi connectivity index (χ1n) is 5.07. The lowest BCUT2D eigenvalue weighted by Crippen LogP contribution is -2.08. The fraction of sp³-hybridized carbons (Fsp3) is 0.364. The zero-order valence-electron chi connectivity index (χ0n) is 8.59. The first-order valence-corrected chi connectivity index (χ1v) is 5.07. The number of nitrogens with one attached hydrogen (secondary N) is 1. The van der Waals surface area contributed by atoms with Crippen LogP contribution in [0.15, 0.2) is 24.3 Å². The highest BCUT2D eigenvalue weighted by atomic mass is 16.6. The standard InChI is InChI=1S/C11H11N3O2/c12-5-9-6-13-7-11(9)8-1-3-10(4-2-8)14(15)16/h1-4,9,11,13H,6-7H2/t9-,11+/m1/s1. The van der Waals surface area contributed by atoms with Crippen LogP contribution in [0.1, 0.15) is 11.5 Å². The molecule has 1 aromatic carbocycles. The smallest absolute Gasteiger partial charge is 0.269 e. The first-order chi connectivity index (χ1) is 7.72. The SMILES string of the molecule is N#C[C@@H]1CNC[C@H]1c1ccc([N+](=O)[O-])cc1. The zero-order chi connectivity index (χ0) is 11.5. The van der Waals surface area contributed by atoms with Crippen molar-refractivity contribution >= 4 is 5.69 Å². The van der Waals surface area contributed by atoms with Crippen LogP contribution in [0.4, 0.5) is 5.69 Å². The van der Waals surface area contributed by atoms with Gasteiger partial charge in [-0.25, -0.2) is 0 Å². The normalized spacial score (nSPS) is 23.9. The second-order valence-electron chi connectivity index (χ2n) is 3.85. The van der Waals surface area contributed by atoms with E-state index < -0.39 is 4.92 Å². The Hall–Kier alpha value is -1.93. The third kappa shape index (κ3) is 1.88. The van der Waals surface area contributed by atoms with Crippen LogP contribution >= 0.6 is 0 Å². The van der Waals surface area contributed by atoms with Crippen molar-refractivity contribution in [2.45, 2.75) is 5.92 Å². The van der Waals surface area contributed by atoms with Crippen LogP contribution in [0.2, 0.25) is 0 Å². The molecule has 5 heteroatoms. The van der Waals surface area contributed by atoms with E-state index in [9.17, 15) is 10.1 Å². The molecule has 2 atom stereocenters. The molecule has 1 aromatic rings. The third-order valence-electron chi connectivity index (χ3n) is 2.91. The van der Waals surface area contributed by atoms with E-state index in [4.69, 9.17) is 5.26 Å². The molecule has 16 heavy (non-hydrogen) atoms. The first kappa shape index (κ1) is 10.6. The van der Waals surface area contributed by atoms with Gasteiger partial charge in [-0.2, -0.15) is 5.26 Å². The number of nitro groups is 1. The number of nitrogens with zero attached hydrogens (tertiary/aromatic N) is 2. The molecule has 0 aromatic heterocycles. The minimum absolute atomic E-state index is 0.0403. The van der Waals surface area contributed by atoms with E-state index in [1.807, 2.05) is 0 Å². The summed E-state index contributed by atoms with van der Waals surface area (Å²) in [6.07, 6.45) is 0. The number of hydrogen-bond acceptors (Lipinski definition) is 4. The van der Waals surface area contributed by atoms with Crippen molar-refractivity contribution < 1.29 is 4.92 Å². The molecular weight excluding hydrogens is 206 g/mol. The van der Waals surface area contributed by atoms with E-state index >= 15 is 0 Å². The molecular formula is C11H11N3O2. The van der Waals surface area contributed by atoms with Crippen molar-refractivity contribution in [2.75, 3.05) is 13.1 Å². The van der Waals surface area contributed by atoms with Gasteiger partial charge in [0, 0.05) is 31.1 Å². The minimum Gasteiger partial charge on any atom is -0.315 e. The van der Waals surface area contributed by atoms with E-state index in [2.05, 4.69) is 11.4 Å². The highest BCUT2D eigenvalue weighted by molar-refractivity contribution is 5.35. The van der Waals surface area contributed by atoms with E-state index in [1.54, 1.807) is 12.1 Å². The second kappa shape index (κ2) is 4.29. The minimum atomic E-state index is -0.418. The molecule has 1 aliphatic rings. The molecule has 0 amide bonds. The average Bonchev–Trinajstić information content (AvgIpc) is 2.77. The lowest BCUT2D eigenvalue weighted by atomic mass is 9.90. The Balaban J connectivity index is 2.22. The number of nitro benzene ring substituents is 1. The average molecular weight is 217 g/mol. The summed E-state index contributed by atoms with van der Waals surface area (Å²) in [5, 5.41) is 22.6. The van der Waals surface area contributed by atoms with Crippen molar-refractivity contribution in [3.63, 3.8) is 0 Å². The summed E-state index contributed by atoms with van der Waals surface area (Å²) in [7, 11) is 0. The Morgan fingerprint density at radius 2 is 2.06 bits per heavy atom. The molecule has 1 N–H and O–H groups in total. The highest BCUT2D eigenvalue weighted by Gasteiger charge is 2.28. The van der Waals surface area contributed by atoms with Gasteiger partial charge < -0.3 is 5.32 Å². The van der Waals surface area contributed by atoms with Crippen LogP contribution in [0.25, 0.3) is 0 Å². The van der Waals surface area contributed by atoms with Gasteiger partial charge in [0.1, 0.15) is 0 Å². The number of hydrogen-bond donors (Lipinski definition) is 1. The van der Waals surface area contributed by atoms with Crippen LogP contribution in [-0.2, 0) is 0 Å². The molecule has 2 rings (SSSR count). The van der Waals surface area contributed by atoms with Crippen LogP contribution in [0.5, 0.6) is 0 Å². The summed E-state index contributed by atoms with van der Waals surface area (Å²) >= 11 is 0. The fourth-order valence-electron chi connectivity index (χ4n) is 2.01. The van der Waals surface area contributed by atoms with Gasteiger partial charge in [0.2, 0.25) is 0 Å². The summed E-state index contributed by atoms with van der Waals surface area (Å²) in [4.78, 5) is 10.1. The molecule has 1 heterocycles. The molecule has 0 unspecified atom stereocenters. The molecule has 0 radical (unpaired) electrons. The Morgan fingerprint density at radius 1 is 1.38 bits per heavy atom. The Kier molecular flexibility index (Phi) is 2.84. The largest absolute Gasteiger partial charge is 0.315 e. The van der Waals surface area contributed by atoms with Crippen LogP contribution in [0, 0.1) is 27.4 Å². The fourth-order valence-corrected chi connectivity index (χ4v) is 2.01. The molecule has 5 nitrogen and oxygen atoms in total. The Labute approximate surface area is 92.8 Å². The summed E-state index contributed by atoms with van der Waals surface area (Å²) in [5.74, 6) is 0.104. The molecule has 1 aliphatic heterocycles. The molecule has 0 bridgehead atoms. The molecule has 82 valence electrons. The van der Waals surface area contributed by atoms with Gasteiger partial charge in [-0.1, -0.05) is 12.1 Å². The number of nitriles is 1. The predicted octanol–water partition coefficient (Wildman–Crippen LogP) is 1.42.